The van der Waals surface area contributed by atoms with E-state index in [1.54, 1.807) is 0 Å². The van der Waals surface area contributed by atoms with Crippen molar-refractivity contribution in [2.45, 2.75) is 103 Å². The summed E-state index contributed by atoms with van der Waals surface area (Å²) in [7, 11) is 0. The van der Waals surface area contributed by atoms with E-state index in [0.29, 0.717) is 36.2 Å². The molecule has 2 heterocycles. The van der Waals surface area contributed by atoms with Crippen LogP contribution in [-0.2, 0) is 16.0 Å². The molecule has 46 heavy (non-hydrogen) atoms. The maximum Gasteiger partial charge on any atom is 0.261 e. The van der Waals surface area contributed by atoms with Crippen molar-refractivity contribution in [1.82, 2.24) is 9.80 Å². The van der Waals surface area contributed by atoms with Crippen LogP contribution in [0.3, 0.4) is 0 Å². The Balaban J connectivity index is 1.24. The molecule has 0 saturated carbocycles. The molecule has 2 aliphatic carbocycles. The first-order chi connectivity index (χ1) is 22.5. The number of nitrogens with zero attached hydrogens (tertiary/aromatic N) is 2. The maximum atomic E-state index is 13.8. The van der Waals surface area contributed by atoms with Crippen molar-refractivity contribution < 1.29 is 19.2 Å². The van der Waals surface area contributed by atoms with Gasteiger partial charge >= 0.3 is 0 Å². The number of hydrogen-bond acceptors (Lipinski definition) is 4. The summed E-state index contributed by atoms with van der Waals surface area (Å²) in [5, 5.41) is 3.85. The smallest absolute Gasteiger partial charge is 0.261 e. The molecule has 0 spiro atoms. The first-order valence-electron chi connectivity index (χ1n) is 17.7. The van der Waals surface area contributed by atoms with Crippen LogP contribution < -0.4 is 0 Å². The van der Waals surface area contributed by atoms with Crippen molar-refractivity contribution >= 4 is 56.8 Å². The average molecular weight is 617 g/mol. The van der Waals surface area contributed by atoms with Gasteiger partial charge in [0.2, 0.25) is 5.91 Å². The van der Waals surface area contributed by atoms with Crippen LogP contribution in [0.2, 0.25) is 0 Å². The molecule has 0 radical (unpaired) electrons. The fraction of sp³-hybridized carbons (Fsp3) is 0.450. The zero-order valence-corrected chi connectivity index (χ0v) is 27.3. The van der Waals surface area contributed by atoms with E-state index in [4.69, 9.17) is 0 Å². The monoisotopic (exact) mass is 616 g/mol. The molecule has 0 N–H and O–H groups in total. The molecule has 6 nitrogen and oxygen atoms in total. The lowest BCUT2D eigenvalue weighted by molar-refractivity contribution is -0.129. The molecule has 3 aromatic rings. The first-order valence-corrected chi connectivity index (χ1v) is 17.7. The third kappa shape index (κ3) is 4.83. The molecule has 0 fully saturated rings. The van der Waals surface area contributed by atoms with Gasteiger partial charge in [-0.1, -0.05) is 108 Å². The lowest BCUT2D eigenvalue weighted by atomic mass is 9.73. The molecule has 2 aliphatic heterocycles. The van der Waals surface area contributed by atoms with Crippen LogP contribution in [0, 0.1) is 0 Å². The zero-order chi connectivity index (χ0) is 31.9. The summed E-state index contributed by atoms with van der Waals surface area (Å²) in [6.45, 7) is 5.30. The summed E-state index contributed by atoms with van der Waals surface area (Å²) >= 11 is 0. The Morgan fingerprint density at radius 1 is 0.652 bits per heavy atom. The molecule has 1 atom stereocenters. The van der Waals surface area contributed by atoms with E-state index in [9.17, 15) is 19.2 Å². The minimum Gasteiger partial charge on any atom is -0.278 e. The highest BCUT2D eigenvalue weighted by atomic mass is 16.2. The quantitative estimate of drug-likeness (QED) is 0.103. The Labute approximate surface area is 271 Å². The van der Waals surface area contributed by atoms with Gasteiger partial charge in [-0.2, -0.15) is 0 Å². The molecule has 4 aliphatic rings. The SMILES string of the molecule is CCCCCCCCN1C(=O)C2=CCc3c4c5c6c(ccc5c5ccc(c2c35)C1=O)C(=O)N(CCCCCCCC)C(=O)C6C=C4. The van der Waals surface area contributed by atoms with Crippen molar-refractivity contribution in [1.29, 1.82) is 0 Å². The van der Waals surface area contributed by atoms with Gasteiger partial charge < -0.3 is 0 Å². The number of carbonyl (C=O) groups excluding carboxylic acids is 4. The Morgan fingerprint density at radius 2 is 1.24 bits per heavy atom. The summed E-state index contributed by atoms with van der Waals surface area (Å²) in [4.78, 5) is 58.0. The molecule has 238 valence electrons. The minimum atomic E-state index is -0.486. The zero-order valence-electron chi connectivity index (χ0n) is 27.3. The number of hydrogen-bond donors (Lipinski definition) is 0. The normalized spacial score (nSPS) is 18.0. The van der Waals surface area contributed by atoms with Crippen molar-refractivity contribution in [3.05, 3.63) is 69.8 Å². The highest BCUT2D eigenvalue weighted by Crippen LogP contribution is 2.49. The average Bonchev–Trinajstić information content (AvgIpc) is 3.07. The van der Waals surface area contributed by atoms with Crippen LogP contribution in [0.15, 0.2) is 36.4 Å². The van der Waals surface area contributed by atoms with E-state index in [1.165, 1.54) is 48.3 Å². The number of amides is 4. The van der Waals surface area contributed by atoms with E-state index >= 15 is 0 Å². The lowest BCUT2D eigenvalue weighted by Crippen LogP contribution is -2.45. The highest BCUT2D eigenvalue weighted by molar-refractivity contribution is 6.36. The highest BCUT2D eigenvalue weighted by Gasteiger charge is 2.42. The standard InChI is InChI=1S/C40H44N2O4/c1-3-5-7-9-11-13-23-41-37(43)29-19-15-25-27-17-21-31-36-32(40(46)42(39(31)45)24-14-12-10-8-6-4-2)22-18-28(34(27)36)26-16-20-30(38(41)44)35(29)33(25)26/h15-17,19-22,30H,3-14,18,23-24H2,1-2H3. The fourth-order valence-electron chi connectivity index (χ4n) is 8.23. The second-order valence-electron chi connectivity index (χ2n) is 13.5. The van der Waals surface area contributed by atoms with Gasteiger partial charge in [0.25, 0.3) is 17.7 Å². The molecule has 0 bridgehead atoms. The van der Waals surface area contributed by atoms with Gasteiger partial charge in [-0.15, -0.1) is 0 Å². The minimum absolute atomic E-state index is 0.136. The number of fused-ring (bicyclic) bond motifs is 2. The van der Waals surface area contributed by atoms with Gasteiger partial charge in [0.15, 0.2) is 0 Å². The number of imide groups is 2. The summed E-state index contributed by atoms with van der Waals surface area (Å²) in [6.07, 6.45) is 19.7. The second kappa shape index (κ2) is 12.6. The first kappa shape index (κ1) is 30.6. The summed E-state index contributed by atoms with van der Waals surface area (Å²) in [5.74, 6) is -1.23. The van der Waals surface area contributed by atoms with E-state index in [2.05, 4.69) is 13.8 Å². The number of rotatable bonds is 14. The van der Waals surface area contributed by atoms with E-state index in [1.807, 2.05) is 42.5 Å². The third-order valence-electron chi connectivity index (χ3n) is 10.6. The van der Waals surface area contributed by atoms with Gasteiger partial charge in [-0.3, -0.25) is 29.0 Å². The lowest BCUT2D eigenvalue weighted by Gasteiger charge is -2.36. The second-order valence-corrected chi connectivity index (χ2v) is 13.5. The Morgan fingerprint density at radius 3 is 1.93 bits per heavy atom. The molecule has 0 aromatic heterocycles. The van der Waals surface area contributed by atoms with Crippen LogP contribution in [0.5, 0.6) is 0 Å². The summed E-state index contributed by atoms with van der Waals surface area (Å²) in [5.41, 5.74) is 5.44. The van der Waals surface area contributed by atoms with Gasteiger partial charge in [0.1, 0.15) is 0 Å². The summed E-state index contributed by atoms with van der Waals surface area (Å²) in [6, 6.07) is 7.77. The summed E-state index contributed by atoms with van der Waals surface area (Å²) < 4.78 is 0. The van der Waals surface area contributed by atoms with E-state index < -0.39 is 5.92 Å². The van der Waals surface area contributed by atoms with Crippen LogP contribution in [0.25, 0.3) is 33.2 Å². The Kier molecular flexibility index (Phi) is 8.39. The molecular weight excluding hydrogens is 572 g/mol. The molecular formula is C40H44N2O4. The van der Waals surface area contributed by atoms with Gasteiger partial charge in [-0.05, 0) is 69.6 Å². The molecule has 1 unspecified atom stereocenters. The van der Waals surface area contributed by atoms with Crippen LogP contribution >= 0.6 is 0 Å². The molecule has 6 heteroatoms. The number of benzene rings is 3. The third-order valence-corrected chi connectivity index (χ3v) is 10.6. The van der Waals surface area contributed by atoms with Crippen molar-refractivity contribution in [2.75, 3.05) is 13.1 Å². The van der Waals surface area contributed by atoms with Crippen LogP contribution in [0.1, 0.15) is 140 Å². The van der Waals surface area contributed by atoms with Gasteiger partial charge in [0, 0.05) is 35.4 Å². The van der Waals surface area contributed by atoms with Crippen LogP contribution in [-0.4, -0.2) is 46.5 Å². The van der Waals surface area contributed by atoms with Crippen molar-refractivity contribution in [2.24, 2.45) is 0 Å². The maximum absolute atomic E-state index is 13.8. The van der Waals surface area contributed by atoms with Crippen LogP contribution in [0.4, 0.5) is 0 Å². The fourth-order valence-corrected chi connectivity index (χ4v) is 8.23. The Bertz CT molecular complexity index is 1840. The predicted octanol–water partition coefficient (Wildman–Crippen LogP) is 8.73. The predicted molar refractivity (Wildman–Crippen MR) is 184 cm³/mol. The van der Waals surface area contributed by atoms with Crippen molar-refractivity contribution in [3.8, 4) is 0 Å². The Hall–Kier alpha value is -4.06. The van der Waals surface area contributed by atoms with Gasteiger partial charge in [-0.25, -0.2) is 0 Å². The van der Waals surface area contributed by atoms with Gasteiger partial charge in [0.05, 0.1) is 5.92 Å². The van der Waals surface area contributed by atoms with E-state index in [0.717, 1.165) is 82.3 Å². The van der Waals surface area contributed by atoms with Crippen molar-refractivity contribution in [3.63, 3.8) is 0 Å². The molecule has 7 rings (SSSR count). The van der Waals surface area contributed by atoms with E-state index in [-0.39, 0.29) is 23.6 Å². The largest absolute Gasteiger partial charge is 0.278 e. The number of unbranched alkanes of at least 4 members (excludes halogenated alkanes) is 10. The topological polar surface area (TPSA) is 74.8 Å². The molecule has 3 aromatic carbocycles. The number of allylic oxidation sites excluding steroid dienone is 1. The number of carbonyl (C=O) groups is 4. The molecule has 0 saturated heterocycles. The molecule has 4 amide bonds.